The maximum atomic E-state index is 12.1. The number of carbonyl (C=O) groups excluding carboxylic acids is 1. The fourth-order valence-electron chi connectivity index (χ4n) is 3.05. The lowest BCUT2D eigenvalue weighted by Crippen LogP contribution is -2.50. The number of hydrogen-bond acceptors (Lipinski definition) is 4. The molecule has 4 heteroatoms. The van der Waals surface area contributed by atoms with Crippen molar-refractivity contribution in [3.05, 3.63) is 35.9 Å². The first-order valence-electron chi connectivity index (χ1n) is 7.74. The quantitative estimate of drug-likeness (QED) is 0.839. The number of carbonyl (C=O) groups is 1. The lowest BCUT2D eigenvalue weighted by molar-refractivity contribution is -0.150. The summed E-state index contributed by atoms with van der Waals surface area (Å²) in [7, 11) is 0. The van der Waals surface area contributed by atoms with E-state index in [-0.39, 0.29) is 11.9 Å². The molecule has 0 unspecified atom stereocenters. The van der Waals surface area contributed by atoms with Crippen LogP contribution in [0.25, 0.3) is 0 Å². The lowest BCUT2D eigenvalue weighted by atomic mass is 9.77. The topological polar surface area (TPSA) is 72.5 Å². The smallest absolute Gasteiger partial charge is 0.326 e. The van der Waals surface area contributed by atoms with Crippen molar-refractivity contribution >= 4 is 5.97 Å². The normalized spacial score (nSPS) is 30.2. The van der Waals surface area contributed by atoms with Crippen LogP contribution in [-0.4, -0.2) is 29.3 Å². The van der Waals surface area contributed by atoms with E-state index in [0.717, 1.165) is 12.8 Å². The second-order valence-corrected chi connectivity index (χ2v) is 5.95. The number of ether oxygens (including phenoxy) is 1. The van der Waals surface area contributed by atoms with Crippen molar-refractivity contribution in [2.24, 2.45) is 5.73 Å². The van der Waals surface area contributed by atoms with E-state index in [0.29, 0.717) is 25.9 Å². The first-order chi connectivity index (χ1) is 10.0. The third kappa shape index (κ3) is 4.05. The monoisotopic (exact) mass is 291 g/mol. The minimum absolute atomic E-state index is 0.235. The molecule has 1 fully saturated rings. The van der Waals surface area contributed by atoms with E-state index in [1.165, 1.54) is 5.56 Å². The zero-order valence-electron chi connectivity index (χ0n) is 12.6. The second-order valence-electron chi connectivity index (χ2n) is 5.95. The Morgan fingerprint density at radius 3 is 2.67 bits per heavy atom. The average molecular weight is 291 g/mol. The Hall–Kier alpha value is -1.39. The van der Waals surface area contributed by atoms with Crippen LogP contribution >= 0.6 is 0 Å². The van der Waals surface area contributed by atoms with Crippen LogP contribution in [0, 0.1) is 0 Å². The molecule has 0 radical (unpaired) electrons. The molecule has 3 N–H and O–H groups in total. The van der Waals surface area contributed by atoms with Gasteiger partial charge < -0.3 is 15.6 Å². The summed E-state index contributed by atoms with van der Waals surface area (Å²) < 4.78 is 5.11. The minimum Gasteiger partial charge on any atom is -0.465 e. The molecule has 0 amide bonds. The van der Waals surface area contributed by atoms with Gasteiger partial charge in [0.25, 0.3) is 0 Å². The summed E-state index contributed by atoms with van der Waals surface area (Å²) in [5.41, 5.74) is 6.51. The molecule has 0 aliphatic heterocycles. The Bertz CT molecular complexity index is 462. The highest BCUT2D eigenvalue weighted by Crippen LogP contribution is 2.34. The molecule has 1 aromatic carbocycles. The third-order valence-corrected chi connectivity index (χ3v) is 4.37. The van der Waals surface area contributed by atoms with Crippen LogP contribution in [0.5, 0.6) is 0 Å². The Balaban J connectivity index is 2.13. The van der Waals surface area contributed by atoms with E-state index in [1.807, 2.05) is 18.2 Å². The molecule has 2 rings (SSSR count). The van der Waals surface area contributed by atoms with Gasteiger partial charge >= 0.3 is 5.97 Å². The summed E-state index contributed by atoms with van der Waals surface area (Å²) in [6.45, 7) is 2.12. The van der Waals surface area contributed by atoms with Crippen LogP contribution in [0.4, 0.5) is 0 Å². The highest BCUT2D eigenvalue weighted by Gasteiger charge is 2.38. The summed E-state index contributed by atoms with van der Waals surface area (Å²) in [6, 6.07) is 10.1. The molecule has 1 aliphatic rings. The predicted octanol–water partition coefficient (Wildman–Crippen LogP) is 2.36. The number of aliphatic hydroxyl groups excluding tert-OH is 1. The number of rotatable bonds is 3. The molecule has 1 aliphatic carbocycles. The summed E-state index contributed by atoms with van der Waals surface area (Å²) in [5.74, 6) is -0.107. The molecule has 1 aromatic rings. The molecule has 0 saturated heterocycles. The van der Waals surface area contributed by atoms with Gasteiger partial charge in [0.15, 0.2) is 0 Å². The van der Waals surface area contributed by atoms with Crippen molar-refractivity contribution in [3.63, 3.8) is 0 Å². The highest BCUT2D eigenvalue weighted by molar-refractivity contribution is 5.80. The first-order valence-corrected chi connectivity index (χ1v) is 7.74. The fraction of sp³-hybridized carbons (Fsp3) is 0.588. The third-order valence-electron chi connectivity index (χ3n) is 4.37. The summed E-state index contributed by atoms with van der Waals surface area (Å²) >= 11 is 0. The predicted molar refractivity (Wildman–Crippen MR) is 81.8 cm³/mol. The van der Waals surface area contributed by atoms with Crippen LogP contribution in [0.3, 0.4) is 0 Å². The van der Waals surface area contributed by atoms with Crippen LogP contribution in [0.1, 0.15) is 50.5 Å². The molecule has 0 bridgehead atoms. The maximum Gasteiger partial charge on any atom is 0.326 e. The molecule has 1 saturated carbocycles. The highest BCUT2D eigenvalue weighted by atomic mass is 16.5. The number of benzene rings is 1. The number of aliphatic hydroxyl groups is 1. The summed E-state index contributed by atoms with van der Waals surface area (Å²) in [5, 5.41) is 10.2. The summed E-state index contributed by atoms with van der Waals surface area (Å²) in [4.78, 5) is 12.1. The van der Waals surface area contributed by atoms with Gasteiger partial charge in [-0.1, -0.05) is 30.3 Å². The number of nitrogens with two attached hydrogens (primary N) is 1. The van der Waals surface area contributed by atoms with Gasteiger partial charge in [-0.15, -0.1) is 0 Å². The van der Waals surface area contributed by atoms with E-state index in [1.54, 1.807) is 6.92 Å². The Labute approximate surface area is 126 Å². The Morgan fingerprint density at radius 1 is 1.33 bits per heavy atom. The molecule has 0 spiro atoms. The second kappa shape index (κ2) is 7.05. The molecular weight excluding hydrogens is 266 g/mol. The van der Waals surface area contributed by atoms with Gasteiger partial charge in [0.1, 0.15) is 5.54 Å². The lowest BCUT2D eigenvalue weighted by Gasteiger charge is -2.33. The van der Waals surface area contributed by atoms with Crippen LogP contribution in [0.2, 0.25) is 0 Å². The molecular formula is C17H25NO3. The van der Waals surface area contributed by atoms with E-state index in [4.69, 9.17) is 10.5 Å². The molecule has 0 aromatic heterocycles. The largest absolute Gasteiger partial charge is 0.465 e. The Kier molecular flexibility index (Phi) is 5.37. The maximum absolute atomic E-state index is 12.1. The average Bonchev–Trinajstić information content (AvgIpc) is 2.49. The fourth-order valence-corrected chi connectivity index (χ4v) is 3.05. The molecule has 4 nitrogen and oxygen atoms in total. The first kappa shape index (κ1) is 16.0. The number of hydrogen-bond donors (Lipinski definition) is 2. The van der Waals surface area contributed by atoms with Gasteiger partial charge in [0.05, 0.1) is 12.7 Å². The SMILES string of the molecule is CCOC(=O)[C@@]1(N)CC[C@H](O)C[C@@H](c2ccccc2)CC1. The molecule has 3 atom stereocenters. The van der Waals surface area contributed by atoms with Crippen molar-refractivity contribution in [2.75, 3.05) is 6.61 Å². The summed E-state index contributed by atoms with van der Waals surface area (Å²) in [6.07, 6.45) is 2.71. The molecule has 0 heterocycles. The van der Waals surface area contributed by atoms with Crippen LogP contribution in [0.15, 0.2) is 30.3 Å². The standard InChI is InChI=1S/C17H25NO3/c1-2-21-16(20)17(18)10-8-14(12-15(19)9-11-17)13-6-4-3-5-7-13/h3-7,14-15,19H,2,8-12,18H2,1H3/t14-,15-,17-/m0/s1. The van der Waals surface area contributed by atoms with E-state index < -0.39 is 11.6 Å². The van der Waals surface area contributed by atoms with Gasteiger partial charge in [0, 0.05) is 0 Å². The van der Waals surface area contributed by atoms with Crippen molar-refractivity contribution in [3.8, 4) is 0 Å². The van der Waals surface area contributed by atoms with E-state index in [2.05, 4.69) is 12.1 Å². The van der Waals surface area contributed by atoms with E-state index in [9.17, 15) is 9.90 Å². The van der Waals surface area contributed by atoms with Gasteiger partial charge in [0.2, 0.25) is 0 Å². The van der Waals surface area contributed by atoms with Crippen molar-refractivity contribution in [2.45, 2.75) is 56.6 Å². The minimum atomic E-state index is -0.968. The zero-order chi connectivity index (χ0) is 15.3. The van der Waals surface area contributed by atoms with Crippen molar-refractivity contribution < 1.29 is 14.6 Å². The zero-order valence-corrected chi connectivity index (χ0v) is 12.6. The Morgan fingerprint density at radius 2 is 2.00 bits per heavy atom. The molecule has 21 heavy (non-hydrogen) atoms. The van der Waals surface area contributed by atoms with Gasteiger partial charge in [-0.25, -0.2) is 0 Å². The van der Waals surface area contributed by atoms with Crippen LogP contribution in [-0.2, 0) is 9.53 Å². The number of esters is 1. The van der Waals surface area contributed by atoms with Gasteiger partial charge in [-0.05, 0) is 50.5 Å². The van der Waals surface area contributed by atoms with E-state index >= 15 is 0 Å². The van der Waals surface area contributed by atoms with Gasteiger partial charge in [-0.2, -0.15) is 0 Å². The van der Waals surface area contributed by atoms with Crippen molar-refractivity contribution in [1.82, 2.24) is 0 Å². The van der Waals surface area contributed by atoms with Gasteiger partial charge in [-0.3, -0.25) is 4.79 Å². The van der Waals surface area contributed by atoms with Crippen molar-refractivity contribution in [1.29, 1.82) is 0 Å². The van der Waals surface area contributed by atoms with Crippen LogP contribution < -0.4 is 5.73 Å². The molecule has 116 valence electrons.